The van der Waals surface area contributed by atoms with Crippen molar-refractivity contribution in [3.05, 3.63) is 64.4 Å². The number of thiophene rings is 1. The maximum Gasteiger partial charge on any atom is 0.263 e. The Hall–Kier alpha value is -3.34. The van der Waals surface area contributed by atoms with E-state index in [4.69, 9.17) is 11.7 Å². The van der Waals surface area contributed by atoms with Crippen LogP contribution in [0.4, 0.5) is 5.69 Å². The number of carbonyl (C=O) groups is 3. The van der Waals surface area contributed by atoms with Crippen LogP contribution in [0.3, 0.4) is 0 Å². The van der Waals surface area contributed by atoms with Crippen molar-refractivity contribution in [3.8, 4) is 0 Å². The molecule has 1 aromatic heterocycles. The molecule has 0 bridgehead atoms. The van der Waals surface area contributed by atoms with Crippen LogP contribution in [-0.4, -0.2) is 29.4 Å². The van der Waals surface area contributed by atoms with Gasteiger partial charge in [-0.3, -0.25) is 25.2 Å². The van der Waals surface area contributed by atoms with Gasteiger partial charge in [-0.1, -0.05) is 24.3 Å². The van der Waals surface area contributed by atoms with Crippen molar-refractivity contribution in [2.75, 3.05) is 5.01 Å². The third-order valence-corrected chi connectivity index (χ3v) is 4.70. The van der Waals surface area contributed by atoms with E-state index in [2.05, 4.69) is 5.10 Å². The van der Waals surface area contributed by atoms with E-state index in [-0.39, 0.29) is 17.1 Å². The molecule has 1 aliphatic rings. The van der Waals surface area contributed by atoms with E-state index in [0.29, 0.717) is 10.6 Å². The van der Waals surface area contributed by atoms with Gasteiger partial charge in [0.15, 0.2) is 6.04 Å². The monoisotopic (exact) mass is 384 g/mol. The zero-order valence-electron chi connectivity index (χ0n) is 14.0. The van der Waals surface area contributed by atoms with Gasteiger partial charge in [0.05, 0.1) is 16.1 Å². The number of amides is 2. The highest BCUT2D eigenvalue weighted by molar-refractivity contribution is 7.13. The van der Waals surface area contributed by atoms with Crippen LogP contribution in [0.2, 0.25) is 0 Å². The molecule has 1 aromatic carbocycles. The number of hydrogen-bond acceptors (Lipinski definition) is 8. The average Bonchev–Trinajstić information content (AvgIpc) is 3.26. The number of carbonyl (C=O) groups excluding carboxylic acids is 3. The minimum Gasteiger partial charge on any atom is -0.292 e. The predicted molar refractivity (Wildman–Crippen MR) is 102 cm³/mol. The zero-order chi connectivity index (χ0) is 19.4. The van der Waals surface area contributed by atoms with Gasteiger partial charge in [0.1, 0.15) is 5.71 Å². The van der Waals surface area contributed by atoms with Crippen LogP contribution in [0.15, 0.2) is 64.6 Å². The highest BCUT2D eigenvalue weighted by Gasteiger charge is 2.38. The molecule has 0 unspecified atom stereocenters. The topological polar surface area (TPSA) is 143 Å². The van der Waals surface area contributed by atoms with Gasteiger partial charge < -0.3 is 0 Å². The Bertz CT molecular complexity index is 923. The molecule has 27 heavy (non-hydrogen) atoms. The van der Waals surface area contributed by atoms with Crippen molar-refractivity contribution < 1.29 is 14.4 Å². The first-order valence-corrected chi connectivity index (χ1v) is 8.69. The smallest absolute Gasteiger partial charge is 0.263 e. The summed E-state index contributed by atoms with van der Waals surface area (Å²) < 4.78 is 0. The third-order valence-electron chi connectivity index (χ3n) is 3.83. The molecular formula is C17H16N6O3S. The van der Waals surface area contributed by atoms with Gasteiger partial charge in [-0.2, -0.15) is 5.10 Å². The second kappa shape index (κ2) is 7.91. The molecule has 2 heterocycles. The molecule has 138 valence electrons. The SMILES string of the molecule is NNC(=O)C1=CC(C(=O)c2cccs2)=NN(c2ccccc2)[C@H]1C(=O)NN. The number of para-hydroxylation sites is 1. The van der Waals surface area contributed by atoms with Crippen LogP contribution in [0.5, 0.6) is 0 Å². The number of nitrogens with zero attached hydrogens (tertiary/aromatic N) is 2. The van der Waals surface area contributed by atoms with E-state index in [1.165, 1.54) is 22.4 Å². The fourth-order valence-electron chi connectivity index (χ4n) is 2.60. The Morgan fingerprint density at radius 1 is 1.04 bits per heavy atom. The Labute approximate surface area is 158 Å². The number of ketones is 1. The summed E-state index contributed by atoms with van der Waals surface area (Å²) in [6.07, 6.45) is 1.25. The third kappa shape index (κ3) is 3.62. The van der Waals surface area contributed by atoms with Crippen LogP contribution in [0.1, 0.15) is 9.67 Å². The number of Topliss-reactive ketones (excluding diaryl/α,β-unsaturated/α-hetero) is 1. The van der Waals surface area contributed by atoms with E-state index in [0.717, 1.165) is 0 Å². The number of benzene rings is 1. The van der Waals surface area contributed by atoms with Gasteiger partial charge in [0.25, 0.3) is 11.8 Å². The summed E-state index contributed by atoms with van der Waals surface area (Å²) in [5.41, 5.74) is 4.45. The van der Waals surface area contributed by atoms with E-state index >= 15 is 0 Å². The Balaban J connectivity index is 2.14. The first-order valence-electron chi connectivity index (χ1n) is 7.81. The number of hydrogen-bond donors (Lipinski definition) is 4. The van der Waals surface area contributed by atoms with Crippen molar-refractivity contribution in [1.82, 2.24) is 10.9 Å². The zero-order valence-corrected chi connectivity index (χ0v) is 14.8. The molecule has 6 N–H and O–H groups in total. The van der Waals surface area contributed by atoms with E-state index in [1.54, 1.807) is 47.8 Å². The number of hydrazone groups is 1. The number of hydrazine groups is 2. The number of allylic oxidation sites excluding steroid dienone is 1. The molecule has 3 rings (SSSR count). The van der Waals surface area contributed by atoms with Crippen molar-refractivity contribution in [2.45, 2.75) is 6.04 Å². The second-order valence-corrected chi connectivity index (χ2v) is 6.40. The minimum absolute atomic E-state index is 0.000902. The molecule has 0 fully saturated rings. The Kier molecular flexibility index (Phi) is 5.41. The fraction of sp³-hybridized carbons (Fsp3) is 0.0588. The molecule has 2 aromatic rings. The van der Waals surface area contributed by atoms with Crippen LogP contribution in [0.25, 0.3) is 0 Å². The summed E-state index contributed by atoms with van der Waals surface area (Å²) in [5.74, 6) is 8.77. The Morgan fingerprint density at radius 2 is 1.78 bits per heavy atom. The highest BCUT2D eigenvalue weighted by Crippen LogP contribution is 2.26. The maximum atomic E-state index is 12.8. The molecule has 2 amide bonds. The lowest BCUT2D eigenvalue weighted by Gasteiger charge is -2.32. The molecule has 9 nitrogen and oxygen atoms in total. The van der Waals surface area contributed by atoms with Crippen molar-refractivity contribution >= 4 is 40.3 Å². The molecule has 1 aliphatic heterocycles. The van der Waals surface area contributed by atoms with E-state index in [9.17, 15) is 14.4 Å². The standard InChI is InChI=1S/C17H16N6O3S/c18-20-16(25)11-9-12(15(24)13-7-4-8-27-13)22-23(14(11)17(26)21-19)10-5-2-1-3-6-10/h1-9,14H,18-19H2,(H,20,25)(H,21,26)/t14-/m1/s1. The van der Waals surface area contributed by atoms with Gasteiger partial charge in [-0.05, 0) is 29.7 Å². The average molecular weight is 384 g/mol. The first-order chi connectivity index (χ1) is 13.1. The molecule has 0 aliphatic carbocycles. The molecule has 0 radical (unpaired) electrons. The summed E-state index contributed by atoms with van der Waals surface area (Å²) in [4.78, 5) is 37.9. The minimum atomic E-state index is -1.19. The van der Waals surface area contributed by atoms with Gasteiger partial charge >= 0.3 is 0 Å². The molecule has 10 heteroatoms. The summed E-state index contributed by atoms with van der Waals surface area (Å²) >= 11 is 1.25. The first kappa shape index (κ1) is 18.5. The van der Waals surface area contributed by atoms with Gasteiger partial charge in [-0.25, -0.2) is 16.7 Å². The fourth-order valence-corrected chi connectivity index (χ4v) is 3.27. The normalized spacial score (nSPS) is 16.2. The summed E-state index contributed by atoms with van der Waals surface area (Å²) in [6.45, 7) is 0. The summed E-state index contributed by atoms with van der Waals surface area (Å²) in [7, 11) is 0. The van der Waals surface area contributed by atoms with Gasteiger partial charge in [0.2, 0.25) is 5.78 Å². The molecule has 1 atom stereocenters. The predicted octanol–water partition coefficient (Wildman–Crippen LogP) is 0.0818. The van der Waals surface area contributed by atoms with Gasteiger partial charge in [0, 0.05) is 0 Å². The van der Waals surface area contributed by atoms with Crippen molar-refractivity contribution in [3.63, 3.8) is 0 Å². The van der Waals surface area contributed by atoms with Crippen LogP contribution in [0, 0.1) is 0 Å². The molecular weight excluding hydrogens is 368 g/mol. The number of rotatable bonds is 5. The van der Waals surface area contributed by atoms with E-state index < -0.39 is 17.9 Å². The highest BCUT2D eigenvalue weighted by atomic mass is 32.1. The number of nitrogens with one attached hydrogen (secondary N) is 2. The van der Waals surface area contributed by atoms with Crippen molar-refractivity contribution in [2.24, 2.45) is 16.8 Å². The Morgan fingerprint density at radius 3 is 2.37 bits per heavy atom. The second-order valence-electron chi connectivity index (χ2n) is 5.46. The van der Waals surface area contributed by atoms with Crippen LogP contribution >= 0.6 is 11.3 Å². The van der Waals surface area contributed by atoms with Crippen LogP contribution < -0.4 is 27.5 Å². The largest absolute Gasteiger partial charge is 0.292 e. The lowest BCUT2D eigenvalue weighted by atomic mass is 9.99. The van der Waals surface area contributed by atoms with E-state index in [1.807, 2.05) is 10.9 Å². The quantitative estimate of drug-likeness (QED) is 0.249. The molecule has 0 saturated carbocycles. The maximum absolute atomic E-state index is 12.8. The molecule has 0 saturated heterocycles. The number of nitrogens with two attached hydrogens (primary N) is 2. The lowest BCUT2D eigenvalue weighted by molar-refractivity contribution is -0.124. The summed E-state index contributed by atoms with van der Waals surface area (Å²) in [6, 6.07) is 10.8. The van der Waals surface area contributed by atoms with Crippen molar-refractivity contribution in [1.29, 1.82) is 0 Å². The number of anilines is 1. The van der Waals surface area contributed by atoms with Crippen LogP contribution in [-0.2, 0) is 9.59 Å². The van der Waals surface area contributed by atoms with Gasteiger partial charge in [-0.15, -0.1) is 11.3 Å². The molecule has 0 spiro atoms. The lowest BCUT2D eigenvalue weighted by Crippen LogP contribution is -2.53. The summed E-state index contributed by atoms with van der Waals surface area (Å²) in [5, 5.41) is 7.35.